The van der Waals surface area contributed by atoms with Crippen molar-refractivity contribution >= 4 is 34.1 Å². The number of benzene rings is 2. The van der Waals surface area contributed by atoms with Crippen molar-refractivity contribution in [3.63, 3.8) is 0 Å². The third-order valence-corrected chi connectivity index (χ3v) is 5.43. The Kier molecular flexibility index (Phi) is 6.90. The average molecular weight is 461 g/mol. The Morgan fingerprint density at radius 1 is 0.909 bits per heavy atom. The first kappa shape index (κ1) is 22.4. The molecular weight excluding hydrogens is 440 g/mol. The Bertz CT molecular complexity index is 1350. The van der Waals surface area contributed by atoms with Gasteiger partial charge in [-0.05, 0) is 42.5 Å². The molecule has 0 aliphatic rings. The third-order valence-electron chi connectivity index (χ3n) is 5.18. The van der Waals surface area contributed by atoms with E-state index in [0.29, 0.717) is 32.7 Å². The smallest absolute Gasteiger partial charge is 0.275 e. The Morgan fingerprint density at radius 3 is 2.36 bits per heavy atom. The molecule has 0 aliphatic carbocycles. The van der Waals surface area contributed by atoms with E-state index in [1.165, 1.54) is 4.68 Å². The van der Waals surface area contributed by atoms with Crippen molar-refractivity contribution in [1.29, 1.82) is 0 Å². The van der Waals surface area contributed by atoms with E-state index in [4.69, 9.17) is 11.6 Å². The molecule has 4 rings (SSSR count). The monoisotopic (exact) mass is 460 g/mol. The molecule has 0 saturated heterocycles. The Morgan fingerprint density at radius 2 is 1.64 bits per heavy atom. The van der Waals surface area contributed by atoms with Crippen LogP contribution in [0.3, 0.4) is 0 Å². The summed E-state index contributed by atoms with van der Waals surface area (Å²) < 4.78 is 1.36. The van der Waals surface area contributed by atoms with Crippen LogP contribution in [0.25, 0.3) is 10.8 Å². The van der Waals surface area contributed by atoms with E-state index in [1.54, 1.807) is 54.7 Å². The summed E-state index contributed by atoms with van der Waals surface area (Å²) in [6, 6.07) is 19.2. The molecule has 1 N–H and O–H groups in total. The topological polar surface area (TPSA) is 93.9 Å². The van der Waals surface area contributed by atoms with Crippen molar-refractivity contribution in [2.75, 3.05) is 0 Å². The summed E-state index contributed by atoms with van der Waals surface area (Å²) in [6.07, 6.45) is 1.79. The summed E-state index contributed by atoms with van der Waals surface area (Å²) >= 11 is 5.84. The van der Waals surface area contributed by atoms with E-state index in [1.807, 2.05) is 18.2 Å². The second-order valence-electron chi connectivity index (χ2n) is 7.48. The molecule has 4 aromatic rings. The van der Waals surface area contributed by atoms with Gasteiger partial charge in [-0.2, -0.15) is 5.10 Å². The lowest BCUT2D eigenvalue weighted by molar-refractivity contribution is -0.121. The highest BCUT2D eigenvalue weighted by atomic mass is 35.5. The minimum absolute atomic E-state index is 0.0486. The Labute approximate surface area is 195 Å². The molecule has 8 heteroatoms. The lowest BCUT2D eigenvalue weighted by atomic mass is 10.1. The molecule has 0 atom stereocenters. The predicted octanol–water partition coefficient (Wildman–Crippen LogP) is 3.77. The number of hydrogen-bond acceptors (Lipinski definition) is 5. The fraction of sp³-hybridized carbons (Fsp3) is 0.160. The lowest BCUT2D eigenvalue weighted by Gasteiger charge is -2.12. The molecule has 0 saturated carbocycles. The van der Waals surface area contributed by atoms with Crippen LogP contribution in [0.2, 0.25) is 5.02 Å². The standard InChI is InChI=1S/C25H21ClN4O3/c26-18-10-8-17(9-11-18)23(31)12-13-24(32)28-15-22-20-6-1-2-7-21(20)25(33)30(29-22)16-19-5-3-4-14-27-19/h1-11,14H,12-13,15-16H2,(H,28,32). The van der Waals surface area contributed by atoms with Gasteiger partial charge in [-0.15, -0.1) is 0 Å². The molecule has 0 bridgehead atoms. The molecule has 0 unspecified atom stereocenters. The van der Waals surface area contributed by atoms with E-state index in [0.717, 1.165) is 0 Å². The zero-order valence-electron chi connectivity index (χ0n) is 17.7. The first-order chi connectivity index (χ1) is 16.0. The van der Waals surface area contributed by atoms with E-state index in [9.17, 15) is 14.4 Å². The molecule has 1 amide bonds. The maximum absolute atomic E-state index is 12.9. The highest BCUT2D eigenvalue weighted by Crippen LogP contribution is 2.14. The highest BCUT2D eigenvalue weighted by molar-refractivity contribution is 6.30. The van der Waals surface area contributed by atoms with Crippen LogP contribution in [0.15, 0.2) is 77.7 Å². The van der Waals surface area contributed by atoms with Crippen molar-refractivity contribution in [2.45, 2.75) is 25.9 Å². The van der Waals surface area contributed by atoms with Gasteiger partial charge in [0.15, 0.2) is 5.78 Å². The van der Waals surface area contributed by atoms with E-state index >= 15 is 0 Å². The van der Waals surface area contributed by atoms with Crippen LogP contribution in [0.4, 0.5) is 0 Å². The number of Topliss-reactive ketones (excluding diaryl/α,β-unsaturated/α-hetero) is 1. The fourth-order valence-electron chi connectivity index (χ4n) is 3.47. The van der Waals surface area contributed by atoms with Crippen LogP contribution in [-0.4, -0.2) is 26.5 Å². The molecule has 0 fully saturated rings. The minimum Gasteiger partial charge on any atom is -0.350 e. The van der Waals surface area contributed by atoms with Crippen LogP contribution in [0.1, 0.15) is 34.6 Å². The second kappa shape index (κ2) is 10.2. The lowest BCUT2D eigenvalue weighted by Crippen LogP contribution is -2.29. The molecule has 2 aromatic carbocycles. The summed E-state index contributed by atoms with van der Waals surface area (Å²) in [5.41, 5.74) is 1.57. The van der Waals surface area contributed by atoms with Gasteiger partial charge < -0.3 is 5.32 Å². The second-order valence-corrected chi connectivity index (χ2v) is 7.92. The number of fused-ring (bicyclic) bond motifs is 1. The molecule has 7 nitrogen and oxygen atoms in total. The zero-order chi connectivity index (χ0) is 23.2. The number of pyridine rings is 1. The normalized spacial score (nSPS) is 10.8. The minimum atomic E-state index is -0.273. The maximum Gasteiger partial charge on any atom is 0.275 e. The van der Waals surface area contributed by atoms with Gasteiger partial charge >= 0.3 is 0 Å². The van der Waals surface area contributed by atoms with Gasteiger partial charge in [0.25, 0.3) is 5.56 Å². The number of carbonyl (C=O) groups is 2. The van der Waals surface area contributed by atoms with Gasteiger partial charge in [-0.25, -0.2) is 4.68 Å². The van der Waals surface area contributed by atoms with Crippen LogP contribution < -0.4 is 10.9 Å². The predicted molar refractivity (Wildman–Crippen MR) is 126 cm³/mol. The largest absolute Gasteiger partial charge is 0.350 e. The van der Waals surface area contributed by atoms with Crippen molar-refractivity contribution in [3.8, 4) is 0 Å². The van der Waals surface area contributed by atoms with Gasteiger partial charge in [0, 0.05) is 35.0 Å². The SMILES string of the molecule is O=C(CCC(=O)c1ccc(Cl)cc1)NCc1nn(Cc2ccccn2)c(=O)c2ccccc12. The first-order valence-corrected chi connectivity index (χ1v) is 10.8. The number of carbonyl (C=O) groups excluding carboxylic acids is 2. The van der Waals surface area contributed by atoms with Crippen molar-refractivity contribution in [1.82, 2.24) is 20.1 Å². The fourth-order valence-corrected chi connectivity index (χ4v) is 3.59. The Hall–Kier alpha value is -3.84. The zero-order valence-corrected chi connectivity index (χ0v) is 18.5. The van der Waals surface area contributed by atoms with Crippen LogP contribution in [-0.2, 0) is 17.9 Å². The number of nitrogens with one attached hydrogen (secondary N) is 1. The number of ketones is 1. The van der Waals surface area contributed by atoms with Gasteiger partial charge in [0.2, 0.25) is 5.91 Å². The summed E-state index contributed by atoms with van der Waals surface area (Å²) in [4.78, 5) is 41.8. The highest BCUT2D eigenvalue weighted by Gasteiger charge is 2.13. The summed E-state index contributed by atoms with van der Waals surface area (Å²) in [5.74, 6) is -0.403. The summed E-state index contributed by atoms with van der Waals surface area (Å²) in [6.45, 7) is 0.359. The molecule has 0 spiro atoms. The van der Waals surface area contributed by atoms with Crippen molar-refractivity contribution in [3.05, 3.63) is 105 Å². The average Bonchev–Trinajstić information content (AvgIpc) is 2.84. The molecule has 33 heavy (non-hydrogen) atoms. The number of amides is 1. The Balaban J connectivity index is 1.46. The van der Waals surface area contributed by atoms with Gasteiger partial charge in [0.1, 0.15) is 0 Å². The van der Waals surface area contributed by atoms with E-state index in [-0.39, 0.29) is 43.2 Å². The van der Waals surface area contributed by atoms with Crippen LogP contribution in [0.5, 0.6) is 0 Å². The first-order valence-electron chi connectivity index (χ1n) is 10.5. The van der Waals surface area contributed by atoms with E-state index < -0.39 is 0 Å². The van der Waals surface area contributed by atoms with Crippen molar-refractivity contribution in [2.24, 2.45) is 0 Å². The number of aromatic nitrogens is 3. The third kappa shape index (κ3) is 5.51. The summed E-state index contributed by atoms with van der Waals surface area (Å²) in [7, 11) is 0. The molecular formula is C25H21ClN4O3. The van der Waals surface area contributed by atoms with Crippen molar-refractivity contribution < 1.29 is 9.59 Å². The number of halogens is 1. The molecule has 0 radical (unpaired) electrons. The molecule has 2 heterocycles. The molecule has 0 aliphatic heterocycles. The molecule has 2 aromatic heterocycles. The van der Waals surface area contributed by atoms with Gasteiger partial charge in [-0.1, -0.05) is 35.9 Å². The van der Waals surface area contributed by atoms with Crippen LogP contribution in [0, 0.1) is 0 Å². The summed E-state index contributed by atoms with van der Waals surface area (Å²) in [5, 5.41) is 9.05. The number of rotatable bonds is 8. The quantitative estimate of drug-likeness (QED) is 0.404. The van der Waals surface area contributed by atoms with Gasteiger partial charge in [0.05, 0.1) is 29.9 Å². The van der Waals surface area contributed by atoms with Gasteiger partial charge in [-0.3, -0.25) is 19.4 Å². The van der Waals surface area contributed by atoms with Crippen LogP contribution >= 0.6 is 11.6 Å². The maximum atomic E-state index is 12.9. The van der Waals surface area contributed by atoms with E-state index in [2.05, 4.69) is 15.4 Å². The number of nitrogens with zero attached hydrogens (tertiary/aromatic N) is 3. The molecule has 166 valence electrons. The number of hydrogen-bond donors (Lipinski definition) is 1.